The van der Waals surface area contributed by atoms with Gasteiger partial charge in [-0.3, -0.25) is 0 Å². The van der Waals surface area contributed by atoms with Crippen molar-refractivity contribution in [2.75, 3.05) is 12.4 Å². The van der Waals surface area contributed by atoms with E-state index in [-0.39, 0.29) is 6.23 Å². The highest BCUT2D eigenvalue weighted by molar-refractivity contribution is 5.49. The monoisotopic (exact) mass is 150 g/mol. The second kappa shape index (κ2) is 2.51. The number of anilines is 1. The number of pyridine rings is 1. The van der Waals surface area contributed by atoms with Crippen LogP contribution < -0.4 is 5.32 Å². The van der Waals surface area contributed by atoms with Crippen LogP contribution in [0.1, 0.15) is 5.56 Å². The predicted molar refractivity (Wildman–Crippen MR) is 42.4 cm³/mol. The highest BCUT2D eigenvalue weighted by atomic mass is 16.5. The van der Waals surface area contributed by atoms with Crippen LogP contribution in [0.2, 0.25) is 0 Å². The number of aromatic nitrogens is 1. The summed E-state index contributed by atoms with van der Waals surface area (Å²) in [6.45, 7) is 0. The number of fused-ring (bicyclic) bond motifs is 1. The first-order valence-electron chi connectivity index (χ1n) is 3.63. The molecule has 1 aliphatic rings. The Balaban J connectivity index is 2.27. The number of ether oxygens (including phenoxy) is 1. The maximum atomic E-state index is 5.14. The Labute approximate surface area is 65.4 Å². The molecule has 3 heteroatoms. The van der Waals surface area contributed by atoms with E-state index >= 15 is 0 Å². The minimum Gasteiger partial charge on any atom is -0.361 e. The van der Waals surface area contributed by atoms with Gasteiger partial charge in [0.2, 0.25) is 0 Å². The van der Waals surface area contributed by atoms with Crippen molar-refractivity contribution in [1.82, 2.24) is 4.98 Å². The van der Waals surface area contributed by atoms with Crippen LogP contribution in [-0.2, 0) is 11.2 Å². The van der Waals surface area contributed by atoms with Crippen molar-refractivity contribution >= 4 is 5.82 Å². The van der Waals surface area contributed by atoms with E-state index in [9.17, 15) is 0 Å². The molecule has 3 nitrogen and oxygen atoms in total. The molecule has 0 bridgehead atoms. The van der Waals surface area contributed by atoms with Gasteiger partial charge < -0.3 is 10.1 Å². The molecule has 0 aromatic carbocycles. The van der Waals surface area contributed by atoms with Gasteiger partial charge in [0, 0.05) is 19.7 Å². The van der Waals surface area contributed by atoms with Crippen molar-refractivity contribution < 1.29 is 4.74 Å². The van der Waals surface area contributed by atoms with Crippen LogP contribution in [0.15, 0.2) is 18.3 Å². The zero-order valence-corrected chi connectivity index (χ0v) is 6.37. The standard InChI is InChI=1S/C8H10N2O/c1-11-7-5-6-3-2-4-9-8(6)10-7/h2-4,7H,5H2,1H3,(H,9,10). The summed E-state index contributed by atoms with van der Waals surface area (Å²) in [7, 11) is 1.70. The van der Waals surface area contributed by atoms with Gasteiger partial charge in [0.15, 0.2) is 0 Å². The molecule has 0 saturated carbocycles. The summed E-state index contributed by atoms with van der Waals surface area (Å²) in [5.74, 6) is 0.958. The molecule has 1 aromatic heterocycles. The summed E-state index contributed by atoms with van der Waals surface area (Å²) in [6.07, 6.45) is 2.81. The Kier molecular flexibility index (Phi) is 1.51. The third-order valence-corrected chi connectivity index (χ3v) is 1.88. The van der Waals surface area contributed by atoms with Crippen LogP contribution in [0.3, 0.4) is 0 Å². The first kappa shape index (κ1) is 6.61. The molecule has 0 amide bonds. The molecule has 2 rings (SSSR count). The summed E-state index contributed by atoms with van der Waals surface area (Å²) in [5, 5.41) is 3.15. The first-order chi connectivity index (χ1) is 5.40. The lowest BCUT2D eigenvalue weighted by Gasteiger charge is -2.06. The van der Waals surface area contributed by atoms with Crippen molar-refractivity contribution in [3.05, 3.63) is 23.9 Å². The number of hydrogen-bond donors (Lipinski definition) is 1. The van der Waals surface area contributed by atoms with Gasteiger partial charge in [-0.1, -0.05) is 6.07 Å². The summed E-state index contributed by atoms with van der Waals surface area (Å²) < 4.78 is 5.14. The van der Waals surface area contributed by atoms with E-state index in [0.29, 0.717) is 0 Å². The molecular formula is C8H10N2O. The molecule has 58 valence electrons. The van der Waals surface area contributed by atoms with E-state index in [1.807, 2.05) is 6.07 Å². The minimum absolute atomic E-state index is 0.111. The molecule has 11 heavy (non-hydrogen) atoms. The molecule has 1 unspecified atom stereocenters. The second-order valence-corrected chi connectivity index (χ2v) is 2.58. The van der Waals surface area contributed by atoms with Crippen molar-refractivity contribution in [3.8, 4) is 0 Å². The number of methoxy groups -OCH3 is 1. The molecule has 1 atom stereocenters. The molecular weight excluding hydrogens is 140 g/mol. The van der Waals surface area contributed by atoms with Gasteiger partial charge in [0.25, 0.3) is 0 Å². The van der Waals surface area contributed by atoms with Gasteiger partial charge in [-0.05, 0) is 11.6 Å². The fourth-order valence-electron chi connectivity index (χ4n) is 1.28. The average Bonchev–Trinajstić information content (AvgIpc) is 2.46. The van der Waals surface area contributed by atoms with E-state index in [1.54, 1.807) is 13.3 Å². The van der Waals surface area contributed by atoms with E-state index in [4.69, 9.17) is 4.74 Å². The van der Waals surface area contributed by atoms with Gasteiger partial charge in [-0.2, -0.15) is 0 Å². The maximum absolute atomic E-state index is 5.14. The Hall–Kier alpha value is -1.09. The fraction of sp³-hybridized carbons (Fsp3) is 0.375. The van der Waals surface area contributed by atoms with E-state index in [1.165, 1.54) is 5.56 Å². The lowest BCUT2D eigenvalue weighted by molar-refractivity contribution is 0.131. The predicted octanol–water partition coefficient (Wildman–Crippen LogP) is 1.02. The molecule has 0 spiro atoms. The largest absolute Gasteiger partial charge is 0.361 e. The average molecular weight is 150 g/mol. The third kappa shape index (κ3) is 1.07. The van der Waals surface area contributed by atoms with Gasteiger partial charge >= 0.3 is 0 Å². The second-order valence-electron chi connectivity index (χ2n) is 2.58. The molecule has 0 aliphatic carbocycles. The number of hydrogen-bond acceptors (Lipinski definition) is 3. The zero-order valence-electron chi connectivity index (χ0n) is 6.37. The Morgan fingerprint density at radius 3 is 3.36 bits per heavy atom. The SMILES string of the molecule is COC1Cc2cccnc2N1. The molecule has 0 radical (unpaired) electrons. The zero-order chi connectivity index (χ0) is 7.68. The van der Waals surface area contributed by atoms with Crippen LogP contribution >= 0.6 is 0 Å². The fourth-order valence-corrected chi connectivity index (χ4v) is 1.28. The van der Waals surface area contributed by atoms with Crippen LogP contribution in [0.5, 0.6) is 0 Å². The van der Waals surface area contributed by atoms with E-state index in [0.717, 1.165) is 12.2 Å². The minimum atomic E-state index is 0.111. The smallest absolute Gasteiger partial charge is 0.132 e. The summed E-state index contributed by atoms with van der Waals surface area (Å²) >= 11 is 0. The van der Waals surface area contributed by atoms with Crippen molar-refractivity contribution in [2.24, 2.45) is 0 Å². The van der Waals surface area contributed by atoms with E-state index in [2.05, 4.69) is 16.4 Å². The van der Waals surface area contributed by atoms with Crippen molar-refractivity contribution in [2.45, 2.75) is 12.6 Å². The molecule has 1 aliphatic heterocycles. The normalized spacial score (nSPS) is 21.0. The lowest BCUT2D eigenvalue weighted by atomic mass is 10.2. The molecule has 1 N–H and O–H groups in total. The summed E-state index contributed by atoms with van der Waals surface area (Å²) in [6, 6.07) is 4.01. The Morgan fingerprint density at radius 1 is 1.73 bits per heavy atom. The Morgan fingerprint density at radius 2 is 2.64 bits per heavy atom. The van der Waals surface area contributed by atoms with Crippen LogP contribution in [-0.4, -0.2) is 18.3 Å². The highest BCUT2D eigenvalue weighted by Crippen LogP contribution is 2.22. The summed E-state index contributed by atoms with van der Waals surface area (Å²) in [4.78, 5) is 4.17. The van der Waals surface area contributed by atoms with Crippen molar-refractivity contribution in [1.29, 1.82) is 0 Å². The lowest BCUT2D eigenvalue weighted by Crippen LogP contribution is -2.17. The van der Waals surface area contributed by atoms with Crippen LogP contribution in [0.4, 0.5) is 5.82 Å². The molecule has 2 heterocycles. The number of rotatable bonds is 1. The maximum Gasteiger partial charge on any atom is 0.132 e. The molecule has 0 fully saturated rings. The van der Waals surface area contributed by atoms with Crippen molar-refractivity contribution in [3.63, 3.8) is 0 Å². The highest BCUT2D eigenvalue weighted by Gasteiger charge is 2.19. The number of nitrogens with zero attached hydrogens (tertiary/aromatic N) is 1. The van der Waals surface area contributed by atoms with Gasteiger partial charge in [0.1, 0.15) is 12.0 Å². The summed E-state index contributed by atoms with van der Waals surface area (Å²) in [5.41, 5.74) is 1.24. The van der Waals surface area contributed by atoms with Crippen LogP contribution in [0.25, 0.3) is 0 Å². The topological polar surface area (TPSA) is 34.1 Å². The van der Waals surface area contributed by atoms with Gasteiger partial charge in [-0.25, -0.2) is 4.98 Å². The molecule has 1 aromatic rings. The number of nitrogens with one attached hydrogen (secondary N) is 1. The first-order valence-corrected chi connectivity index (χ1v) is 3.63. The third-order valence-electron chi connectivity index (χ3n) is 1.88. The van der Waals surface area contributed by atoms with Gasteiger partial charge in [0.05, 0.1) is 0 Å². The molecule has 0 saturated heterocycles. The quantitative estimate of drug-likeness (QED) is 0.649. The Bertz CT molecular complexity index is 237. The van der Waals surface area contributed by atoms with Crippen LogP contribution in [0, 0.1) is 0 Å². The van der Waals surface area contributed by atoms with Gasteiger partial charge in [-0.15, -0.1) is 0 Å². The van der Waals surface area contributed by atoms with E-state index < -0.39 is 0 Å².